The number of amides is 1. The van der Waals surface area contributed by atoms with Crippen LogP contribution >= 0.6 is 0 Å². The van der Waals surface area contributed by atoms with E-state index in [4.69, 9.17) is 4.42 Å². The molecule has 0 aliphatic heterocycles. The molecule has 0 aromatic carbocycles. The normalized spacial score (nSPS) is 10.7. The fourth-order valence-electron chi connectivity index (χ4n) is 1.38. The maximum atomic E-state index is 11.6. The van der Waals surface area contributed by atoms with Gasteiger partial charge in [-0.15, -0.1) is 10.2 Å². The van der Waals surface area contributed by atoms with E-state index in [1.54, 1.807) is 6.92 Å². The minimum atomic E-state index is 0.0517. The lowest BCUT2D eigenvalue weighted by molar-refractivity contribution is -0.125. The lowest BCUT2D eigenvalue weighted by Gasteiger charge is -2.10. The van der Waals surface area contributed by atoms with Crippen LogP contribution < -0.4 is 5.32 Å². The van der Waals surface area contributed by atoms with Gasteiger partial charge in [0.2, 0.25) is 17.7 Å². The second kappa shape index (κ2) is 5.48. The first kappa shape index (κ1) is 11.7. The predicted octanol–water partition coefficient (Wildman–Crippen LogP) is 1.43. The van der Waals surface area contributed by atoms with Gasteiger partial charge in [0, 0.05) is 12.8 Å². The first-order valence-electron chi connectivity index (χ1n) is 5.24. The van der Waals surface area contributed by atoms with Crippen molar-refractivity contribution < 1.29 is 9.21 Å². The van der Waals surface area contributed by atoms with Gasteiger partial charge in [0.05, 0.1) is 6.54 Å². The van der Waals surface area contributed by atoms with Gasteiger partial charge in [-0.3, -0.25) is 4.79 Å². The van der Waals surface area contributed by atoms with Crippen LogP contribution in [0.1, 0.15) is 38.5 Å². The fraction of sp³-hybridized carbons (Fsp3) is 0.700. The average molecular weight is 211 g/mol. The van der Waals surface area contributed by atoms with Crippen LogP contribution in [0, 0.1) is 12.8 Å². The lowest BCUT2D eigenvalue weighted by Crippen LogP contribution is -2.29. The Labute approximate surface area is 89.3 Å². The van der Waals surface area contributed by atoms with E-state index >= 15 is 0 Å². The maximum absolute atomic E-state index is 11.6. The molecule has 84 valence electrons. The topological polar surface area (TPSA) is 68.0 Å². The number of aromatic nitrogens is 2. The molecule has 1 aromatic rings. The Morgan fingerprint density at radius 2 is 2.07 bits per heavy atom. The van der Waals surface area contributed by atoms with Crippen molar-refractivity contribution in [2.24, 2.45) is 5.92 Å². The molecule has 1 amide bonds. The summed E-state index contributed by atoms with van der Waals surface area (Å²) < 4.78 is 5.14. The van der Waals surface area contributed by atoms with Gasteiger partial charge < -0.3 is 9.73 Å². The molecule has 1 heterocycles. The summed E-state index contributed by atoms with van der Waals surface area (Å²) >= 11 is 0. The van der Waals surface area contributed by atoms with Gasteiger partial charge in [0.25, 0.3) is 0 Å². The number of carbonyl (C=O) groups excluding carboxylic acids is 1. The highest BCUT2D eigenvalue weighted by atomic mass is 16.4. The zero-order valence-electron chi connectivity index (χ0n) is 9.41. The smallest absolute Gasteiger partial charge is 0.235 e. The van der Waals surface area contributed by atoms with E-state index in [1.165, 1.54) is 0 Å². The molecule has 0 saturated heterocycles. The molecule has 5 heteroatoms. The highest BCUT2D eigenvalue weighted by Crippen LogP contribution is 2.07. The van der Waals surface area contributed by atoms with Crippen molar-refractivity contribution in [3.05, 3.63) is 11.8 Å². The van der Waals surface area contributed by atoms with Crippen molar-refractivity contribution in [3.8, 4) is 0 Å². The number of hydrogen-bond acceptors (Lipinski definition) is 4. The van der Waals surface area contributed by atoms with Crippen LogP contribution in [0.4, 0.5) is 0 Å². The average Bonchev–Trinajstić information content (AvgIpc) is 2.63. The molecule has 0 radical (unpaired) electrons. The lowest BCUT2D eigenvalue weighted by atomic mass is 10.0. The molecule has 0 fully saturated rings. The molecule has 0 spiro atoms. The highest BCUT2D eigenvalue weighted by molar-refractivity contribution is 5.78. The summed E-state index contributed by atoms with van der Waals surface area (Å²) in [4.78, 5) is 11.6. The second-order valence-corrected chi connectivity index (χ2v) is 3.45. The molecular formula is C10H17N3O2. The van der Waals surface area contributed by atoms with Crippen LogP contribution in [0.5, 0.6) is 0 Å². The Morgan fingerprint density at radius 1 is 1.40 bits per heavy atom. The summed E-state index contributed by atoms with van der Waals surface area (Å²) in [6.07, 6.45) is 1.70. The van der Waals surface area contributed by atoms with Gasteiger partial charge in [-0.05, 0) is 12.8 Å². The monoisotopic (exact) mass is 211 g/mol. The molecule has 0 saturated carbocycles. The van der Waals surface area contributed by atoms with Crippen molar-refractivity contribution in [2.45, 2.75) is 40.2 Å². The summed E-state index contributed by atoms with van der Waals surface area (Å²) in [5, 5.41) is 10.3. The standard InChI is InChI=1S/C10H17N3O2/c1-4-8(5-2)10(14)11-6-9-13-12-7(3)15-9/h8H,4-6H2,1-3H3,(H,11,14). The van der Waals surface area contributed by atoms with E-state index in [2.05, 4.69) is 15.5 Å². The van der Waals surface area contributed by atoms with E-state index in [-0.39, 0.29) is 11.8 Å². The van der Waals surface area contributed by atoms with Crippen LogP contribution in [-0.2, 0) is 11.3 Å². The number of nitrogens with zero attached hydrogens (tertiary/aromatic N) is 2. The van der Waals surface area contributed by atoms with Crippen molar-refractivity contribution in [2.75, 3.05) is 0 Å². The van der Waals surface area contributed by atoms with E-state index in [1.807, 2.05) is 13.8 Å². The summed E-state index contributed by atoms with van der Waals surface area (Å²) in [5.74, 6) is 1.10. The molecule has 0 bridgehead atoms. The Balaban J connectivity index is 2.40. The first-order valence-corrected chi connectivity index (χ1v) is 5.24. The molecule has 0 atom stereocenters. The van der Waals surface area contributed by atoms with Gasteiger partial charge in [0.1, 0.15) is 0 Å². The molecule has 5 nitrogen and oxygen atoms in total. The Kier molecular flexibility index (Phi) is 4.27. The number of carbonyl (C=O) groups is 1. The Bertz CT molecular complexity index is 318. The third kappa shape index (κ3) is 3.34. The third-order valence-corrected chi connectivity index (χ3v) is 2.34. The summed E-state index contributed by atoms with van der Waals surface area (Å²) in [6, 6.07) is 0. The Morgan fingerprint density at radius 3 is 2.53 bits per heavy atom. The third-order valence-electron chi connectivity index (χ3n) is 2.34. The Hall–Kier alpha value is -1.39. The number of aryl methyl sites for hydroxylation is 1. The molecule has 0 aliphatic carbocycles. The minimum Gasteiger partial charge on any atom is -0.424 e. The molecular weight excluding hydrogens is 194 g/mol. The molecule has 1 aromatic heterocycles. The number of rotatable bonds is 5. The van der Waals surface area contributed by atoms with Gasteiger partial charge in [-0.25, -0.2) is 0 Å². The quantitative estimate of drug-likeness (QED) is 0.800. The first-order chi connectivity index (χ1) is 7.17. The number of nitrogens with one attached hydrogen (secondary N) is 1. The second-order valence-electron chi connectivity index (χ2n) is 3.45. The van der Waals surface area contributed by atoms with Gasteiger partial charge in [0.15, 0.2) is 0 Å². The van der Waals surface area contributed by atoms with Crippen LogP contribution in [-0.4, -0.2) is 16.1 Å². The van der Waals surface area contributed by atoms with Crippen LogP contribution in [0.3, 0.4) is 0 Å². The van der Waals surface area contributed by atoms with Crippen LogP contribution in [0.15, 0.2) is 4.42 Å². The highest BCUT2D eigenvalue weighted by Gasteiger charge is 2.14. The maximum Gasteiger partial charge on any atom is 0.235 e. The zero-order valence-corrected chi connectivity index (χ0v) is 9.41. The van der Waals surface area contributed by atoms with Crippen LogP contribution in [0.25, 0.3) is 0 Å². The van der Waals surface area contributed by atoms with Crippen molar-refractivity contribution in [1.29, 1.82) is 0 Å². The molecule has 15 heavy (non-hydrogen) atoms. The zero-order chi connectivity index (χ0) is 11.3. The van der Waals surface area contributed by atoms with Crippen molar-refractivity contribution in [1.82, 2.24) is 15.5 Å². The van der Waals surface area contributed by atoms with Crippen LogP contribution in [0.2, 0.25) is 0 Å². The summed E-state index contributed by atoms with van der Waals surface area (Å²) in [5.41, 5.74) is 0. The SMILES string of the molecule is CCC(CC)C(=O)NCc1nnc(C)o1. The molecule has 1 N–H and O–H groups in total. The molecule has 1 rings (SSSR count). The van der Waals surface area contributed by atoms with Crippen molar-refractivity contribution >= 4 is 5.91 Å². The van der Waals surface area contributed by atoms with Gasteiger partial charge >= 0.3 is 0 Å². The van der Waals surface area contributed by atoms with Gasteiger partial charge in [-0.1, -0.05) is 13.8 Å². The summed E-state index contributed by atoms with van der Waals surface area (Å²) in [6.45, 7) is 6.05. The fourth-order valence-corrected chi connectivity index (χ4v) is 1.38. The van der Waals surface area contributed by atoms with Gasteiger partial charge in [-0.2, -0.15) is 0 Å². The van der Waals surface area contributed by atoms with Crippen molar-refractivity contribution in [3.63, 3.8) is 0 Å². The van der Waals surface area contributed by atoms with E-state index in [0.29, 0.717) is 18.3 Å². The molecule has 0 unspecified atom stereocenters. The van der Waals surface area contributed by atoms with E-state index < -0.39 is 0 Å². The molecule has 0 aliphatic rings. The largest absolute Gasteiger partial charge is 0.424 e. The van der Waals surface area contributed by atoms with E-state index in [0.717, 1.165) is 12.8 Å². The predicted molar refractivity (Wildman–Crippen MR) is 55.0 cm³/mol. The minimum absolute atomic E-state index is 0.0517. The van der Waals surface area contributed by atoms with E-state index in [9.17, 15) is 4.79 Å². The number of hydrogen-bond donors (Lipinski definition) is 1. The summed E-state index contributed by atoms with van der Waals surface area (Å²) in [7, 11) is 0.